The van der Waals surface area contributed by atoms with Gasteiger partial charge in [-0.05, 0) is 39.2 Å². The molecule has 1 amide bonds. The quantitative estimate of drug-likeness (QED) is 0.526. The van der Waals surface area contributed by atoms with Crippen molar-refractivity contribution in [3.8, 4) is 0 Å². The zero-order valence-corrected chi connectivity index (χ0v) is 17.7. The Bertz CT molecular complexity index is 857. The van der Waals surface area contributed by atoms with Crippen LogP contribution in [0.15, 0.2) is 29.2 Å². The molecule has 2 aliphatic rings. The van der Waals surface area contributed by atoms with E-state index in [0.29, 0.717) is 13.1 Å². The van der Waals surface area contributed by atoms with Crippen molar-refractivity contribution >= 4 is 21.6 Å². The van der Waals surface area contributed by atoms with Crippen molar-refractivity contribution in [2.45, 2.75) is 50.1 Å². The van der Waals surface area contributed by atoms with Gasteiger partial charge in [-0.3, -0.25) is 19.8 Å². The van der Waals surface area contributed by atoms with E-state index < -0.39 is 20.6 Å². The molecule has 0 saturated carbocycles. The second kappa shape index (κ2) is 8.76. The van der Waals surface area contributed by atoms with Gasteiger partial charge in [0.1, 0.15) is 0 Å². The molecule has 0 spiro atoms. The zero-order chi connectivity index (χ0) is 21.2. The Morgan fingerprint density at radius 1 is 1.10 bits per heavy atom. The highest BCUT2D eigenvalue weighted by atomic mass is 32.2. The molecule has 1 aromatic rings. The number of carbonyl (C=O) groups excluding carboxylic acids is 1. The lowest BCUT2D eigenvalue weighted by Crippen LogP contribution is -2.54. The Morgan fingerprint density at radius 2 is 1.69 bits per heavy atom. The molecule has 2 atom stereocenters. The highest BCUT2D eigenvalue weighted by molar-refractivity contribution is 7.89. The van der Waals surface area contributed by atoms with Crippen LogP contribution >= 0.6 is 0 Å². The topological polar surface area (TPSA) is 104 Å². The molecule has 0 aromatic heterocycles. The number of sulfonamides is 1. The maximum atomic E-state index is 12.9. The lowest BCUT2D eigenvalue weighted by molar-refractivity contribution is -0.387. The van der Waals surface area contributed by atoms with Crippen molar-refractivity contribution in [2.75, 3.05) is 32.7 Å². The summed E-state index contributed by atoms with van der Waals surface area (Å²) in [6.07, 6.45) is 3.16. The molecule has 0 bridgehead atoms. The van der Waals surface area contributed by atoms with Crippen LogP contribution in [-0.2, 0) is 14.8 Å². The number of piperidine rings is 1. The van der Waals surface area contributed by atoms with Crippen molar-refractivity contribution in [2.24, 2.45) is 0 Å². The number of nitrogens with zero attached hydrogens (tertiary/aromatic N) is 4. The molecule has 1 aromatic carbocycles. The fourth-order valence-corrected chi connectivity index (χ4v) is 5.86. The van der Waals surface area contributed by atoms with Crippen molar-refractivity contribution in [1.29, 1.82) is 0 Å². The normalized spacial score (nSPS) is 24.4. The van der Waals surface area contributed by atoms with Crippen LogP contribution in [-0.4, -0.2) is 78.2 Å². The predicted octanol–water partition coefficient (Wildman–Crippen LogP) is 1.69. The molecule has 2 saturated heterocycles. The van der Waals surface area contributed by atoms with E-state index in [2.05, 4.69) is 13.8 Å². The van der Waals surface area contributed by atoms with E-state index in [9.17, 15) is 23.3 Å². The monoisotopic (exact) mass is 424 g/mol. The van der Waals surface area contributed by atoms with Gasteiger partial charge in [-0.25, -0.2) is 8.42 Å². The van der Waals surface area contributed by atoms with E-state index >= 15 is 0 Å². The highest BCUT2D eigenvalue weighted by Gasteiger charge is 2.35. The third-order valence-corrected chi connectivity index (χ3v) is 7.80. The first-order valence-corrected chi connectivity index (χ1v) is 11.4. The second-order valence-electron chi connectivity index (χ2n) is 7.84. The van der Waals surface area contributed by atoms with Gasteiger partial charge in [0.15, 0.2) is 4.90 Å². The van der Waals surface area contributed by atoms with Gasteiger partial charge in [-0.15, -0.1) is 0 Å². The molecule has 0 radical (unpaired) electrons. The molecule has 0 aliphatic carbocycles. The van der Waals surface area contributed by atoms with Crippen LogP contribution in [0.25, 0.3) is 0 Å². The van der Waals surface area contributed by atoms with Crippen molar-refractivity contribution < 1.29 is 18.1 Å². The first-order chi connectivity index (χ1) is 13.7. The number of nitro benzene ring substituents is 1. The molecule has 3 rings (SSSR count). The lowest BCUT2D eigenvalue weighted by atomic mass is 9.97. The Kier molecular flexibility index (Phi) is 6.55. The second-order valence-corrected chi connectivity index (χ2v) is 9.74. The van der Waals surface area contributed by atoms with E-state index in [-0.39, 0.29) is 42.5 Å². The average molecular weight is 425 g/mol. The van der Waals surface area contributed by atoms with Crippen LogP contribution in [0, 0.1) is 10.1 Å². The van der Waals surface area contributed by atoms with Gasteiger partial charge in [0.05, 0.1) is 11.5 Å². The molecular weight excluding hydrogens is 396 g/mol. The maximum Gasteiger partial charge on any atom is 0.289 e. The molecular formula is C19H28N4O5S. The van der Waals surface area contributed by atoms with E-state index in [1.807, 2.05) is 9.80 Å². The Balaban J connectivity index is 1.63. The van der Waals surface area contributed by atoms with Crippen LogP contribution in [0.3, 0.4) is 0 Å². The van der Waals surface area contributed by atoms with Crippen molar-refractivity contribution in [3.05, 3.63) is 34.4 Å². The van der Waals surface area contributed by atoms with Gasteiger partial charge in [0.25, 0.3) is 5.69 Å². The first-order valence-electron chi connectivity index (χ1n) is 9.99. The maximum absolute atomic E-state index is 12.9. The molecule has 2 aliphatic heterocycles. The first kappa shape index (κ1) is 21.7. The number of nitro groups is 1. The number of piperazine rings is 1. The third kappa shape index (κ3) is 4.59. The molecule has 2 fully saturated rings. The average Bonchev–Trinajstić information content (AvgIpc) is 2.68. The molecule has 0 N–H and O–H groups in total. The van der Waals surface area contributed by atoms with E-state index in [4.69, 9.17) is 0 Å². The summed E-state index contributed by atoms with van der Waals surface area (Å²) in [5.74, 6) is 0.0831. The van der Waals surface area contributed by atoms with Crippen LogP contribution in [0.2, 0.25) is 0 Å². The number of para-hydroxylation sites is 1. The molecule has 160 valence electrons. The van der Waals surface area contributed by atoms with E-state index in [0.717, 1.165) is 19.3 Å². The number of hydrogen-bond donors (Lipinski definition) is 0. The van der Waals surface area contributed by atoms with Crippen molar-refractivity contribution in [3.63, 3.8) is 0 Å². The Hall–Kier alpha value is -2.04. The summed E-state index contributed by atoms with van der Waals surface area (Å²) in [5.41, 5.74) is -0.418. The van der Waals surface area contributed by atoms with E-state index in [1.54, 1.807) is 0 Å². The van der Waals surface area contributed by atoms with Crippen molar-refractivity contribution in [1.82, 2.24) is 14.1 Å². The van der Waals surface area contributed by atoms with Gasteiger partial charge in [0.2, 0.25) is 15.9 Å². The van der Waals surface area contributed by atoms with Crippen LogP contribution < -0.4 is 0 Å². The lowest BCUT2D eigenvalue weighted by Gasteiger charge is -2.41. The summed E-state index contributed by atoms with van der Waals surface area (Å²) in [5, 5.41) is 11.2. The summed E-state index contributed by atoms with van der Waals surface area (Å²) in [6.45, 7) is 5.66. The van der Waals surface area contributed by atoms with Gasteiger partial charge in [-0.2, -0.15) is 4.31 Å². The standard InChI is InChI=1S/C19H28N4O5S/c1-15-6-5-7-16(2)22(15)19(24)14-20-10-12-21(13-11-20)29(27,28)18-9-4-3-8-17(18)23(25)26/h3-4,8-9,15-16H,5-7,10-14H2,1-2H3/t15-,16-/m1/s1. The third-order valence-electron chi connectivity index (χ3n) is 5.85. The fraction of sp³-hybridized carbons (Fsp3) is 0.632. The minimum Gasteiger partial charge on any atom is -0.336 e. The van der Waals surface area contributed by atoms with Crippen LogP contribution in [0.5, 0.6) is 0 Å². The number of benzene rings is 1. The summed E-state index contributed by atoms with van der Waals surface area (Å²) in [7, 11) is -3.96. The predicted molar refractivity (Wildman–Crippen MR) is 108 cm³/mol. The number of rotatable bonds is 5. The molecule has 2 heterocycles. The summed E-state index contributed by atoms with van der Waals surface area (Å²) >= 11 is 0. The SMILES string of the molecule is C[C@@H]1CCC[C@@H](C)N1C(=O)CN1CCN(S(=O)(=O)c2ccccc2[N+](=O)[O-])CC1. The molecule has 29 heavy (non-hydrogen) atoms. The summed E-state index contributed by atoms with van der Waals surface area (Å²) < 4.78 is 27.1. The zero-order valence-electron chi connectivity index (χ0n) is 16.9. The molecule has 10 heteroatoms. The van der Waals surface area contributed by atoms with Gasteiger partial charge < -0.3 is 4.90 Å². The minimum atomic E-state index is -3.96. The van der Waals surface area contributed by atoms with Gasteiger partial charge >= 0.3 is 0 Å². The number of amides is 1. The van der Waals surface area contributed by atoms with Gasteiger partial charge in [-0.1, -0.05) is 12.1 Å². The Morgan fingerprint density at radius 3 is 2.28 bits per heavy atom. The number of likely N-dealkylation sites (tertiary alicyclic amines) is 1. The molecule has 9 nitrogen and oxygen atoms in total. The minimum absolute atomic E-state index is 0.0831. The fourth-order valence-electron chi connectivity index (χ4n) is 4.28. The van der Waals surface area contributed by atoms with Crippen LogP contribution in [0.4, 0.5) is 5.69 Å². The number of carbonyl (C=O) groups is 1. The summed E-state index contributed by atoms with van der Waals surface area (Å²) in [4.78, 5) is 26.9. The summed E-state index contributed by atoms with van der Waals surface area (Å²) in [6, 6.07) is 5.85. The van der Waals surface area contributed by atoms with Gasteiger partial charge in [0, 0.05) is 44.3 Å². The highest BCUT2D eigenvalue weighted by Crippen LogP contribution is 2.27. The molecule has 0 unspecified atom stereocenters. The smallest absolute Gasteiger partial charge is 0.289 e. The number of hydrogen-bond acceptors (Lipinski definition) is 6. The van der Waals surface area contributed by atoms with E-state index in [1.165, 1.54) is 28.6 Å². The largest absolute Gasteiger partial charge is 0.336 e. The van der Waals surface area contributed by atoms with Crippen LogP contribution in [0.1, 0.15) is 33.1 Å². The Labute approximate surface area is 171 Å².